The van der Waals surface area contributed by atoms with Crippen molar-refractivity contribution in [2.45, 2.75) is 18.2 Å². The molecule has 1 heterocycles. The number of hydrogen-bond acceptors (Lipinski definition) is 4. The third-order valence-electron chi connectivity index (χ3n) is 2.62. The van der Waals surface area contributed by atoms with Gasteiger partial charge in [-0.25, -0.2) is 8.42 Å². The van der Waals surface area contributed by atoms with Crippen LogP contribution in [-0.2, 0) is 16.4 Å². The van der Waals surface area contributed by atoms with Crippen molar-refractivity contribution >= 4 is 37.5 Å². The largest absolute Gasteiger partial charge is 0.398 e. The third-order valence-corrected chi connectivity index (χ3v) is 4.65. The molecule has 1 aromatic carbocycles. The van der Waals surface area contributed by atoms with Gasteiger partial charge in [0.25, 0.3) is 10.0 Å². The third kappa shape index (κ3) is 2.90. The topological polar surface area (TPSA) is 101 Å². The highest BCUT2D eigenvalue weighted by Gasteiger charge is 2.17. The van der Waals surface area contributed by atoms with Crippen molar-refractivity contribution in [3.8, 4) is 0 Å². The van der Waals surface area contributed by atoms with E-state index in [0.717, 1.165) is 5.56 Å². The Morgan fingerprint density at radius 2 is 2.21 bits per heavy atom. The summed E-state index contributed by atoms with van der Waals surface area (Å²) < 4.78 is 27.4. The fraction of sp³-hybridized carbons (Fsp3) is 0.182. The van der Waals surface area contributed by atoms with Gasteiger partial charge in [0.15, 0.2) is 0 Å². The summed E-state index contributed by atoms with van der Waals surface area (Å²) in [4.78, 5) is 0.130. The Kier molecular flexibility index (Phi) is 3.81. The van der Waals surface area contributed by atoms with E-state index in [-0.39, 0.29) is 4.90 Å². The number of aromatic amines is 1. The van der Waals surface area contributed by atoms with Crippen LogP contribution >= 0.6 is 15.9 Å². The zero-order chi connectivity index (χ0) is 14.0. The van der Waals surface area contributed by atoms with Crippen LogP contribution in [0.1, 0.15) is 12.5 Å². The molecule has 2 rings (SSSR count). The Bertz CT molecular complexity index is 696. The van der Waals surface area contributed by atoms with Gasteiger partial charge in [-0.1, -0.05) is 6.92 Å². The molecule has 0 radical (unpaired) electrons. The van der Waals surface area contributed by atoms with E-state index in [0.29, 0.717) is 22.4 Å². The number of nitrogens with two attached hydrogens (primary N) is 1. The lowest BCUT2D eigenvalue weighted by Gasteiger charge is -2.08. The van der Waals surface area contributed by atoms with Gasteiger partial charge in [0, 0.05) is 15.7 Å². The van der Waals surface area contributed by atoms with E-state index >= 15 is 0 Å². The predicted octanol–water partition coefficient (Wildman–Crippen LogP) is 2.12. The number of nitrogens with one attached hydrogen (secondary N) is 2. The van der Waals surface area contributed by atoms with E-state index in [1.165, 1.54) is 18.2 Å². The highest BCUT2D eigenvalue weighted by Crippen LogP contribution is 2.24. The van der Waals surface area contributed by atoms with Crippen molar-refractivity contribution in [3.63, 3.8) is 0 Å². The number of aryl methyl sites for hydroxylation is 1. The summed E-state index contributed by atoms with van der Waals surface area (Å²) in [6, 6.07) is 4.44. The number of H-pyrrole nitrogens is 1. The van der Waals surface area contributed by atoms with E-state index in [1.54, 1.807) is 6.20 Å². The van der Waals surface area contributed by atoms with Crippen LogP contribution in [0.3, 0.4) is 0 Å². The van der Waals surface area contributed by atoms with Crippen molar-refractivity contribution in [1.82, 2.24) is 10.2 Å². The lowest BCUT2D eigenvalue weighted by atomic mass is 10.3. The molecule has 0 fully saturated rings. The maximum absolute atomic E-state index is 12.2. The highest BCUT2D eigenvalue weighted by molar-refractivity contribution is 9.10. The molecule has 1 aromatic heterocycles. The van der Waals surface area contributed by atoms with Crippen molar-refractivity contribution in [1.29, 1.82) is 0 Å². The molecule has 2 aromatic rings. The average Bonchev–Trinajstić information content (AvgIpc) is 2.79. The molecule has 0 amide bonds. The van der Waals surface area contributed by atoms with Gasteiger partial charge in [0.05, 0.1) is 11.1 Å². The van der Waals surface area contributed by atoms with Gasteiger partial charge in [0.2, 0.25) is 0 Å². The Labute approximate surface area is 119 Å². The minimum atomic E-state index is -3.66. The Hall–Kier alpha value is -1.54. The Morgan fingerprint density at radius 1 is 1.47 bits per heavy atom. The molecule has 19 heavy (non-hydrogen) atoms. The second-order valence-corrected chi connectivity index (χ2v) is 6.45. The first-order valence-corrected chi connectivity index (χ1v) is 7.81. The molecule has 4 N–H and O–H groups in total. The van der Waals surface area contributed by atoms with E-state index in [4.69, 9.17) is 5.73 Å². The minimum Gasteiger partial charge on any atom is -0.398 e. The van der Waals surface area contributed by atoms with Crippen molar-refractivity contribution in [2.75, 3.05) is 10.5 Å². The normalized spacial score (nSPS) is 11.5. The molecule has 0 aliphatic rings. The predicted molar refractivity (Wildman–Crippen MR) is 77.3 cm³/mol. The van der Waals surface area contributed by atoms with Crippen LogP contribution in [0.2, 0.25) is 0 Å². The van der Waals surface area contributed by atoms with Crippen LogP contribution in [0.5, 0.6) is 0 Å². The standard InChI is InChI=1S/C11H13BrN4O2S/c1-2-7-6-14-15-11(7)16-19(17,18)8-3-4-10(13)9(12)5-8/h3-6H,2,13H2,1H3,(H2,14,15,16). The van der Waals surface area contributed by atoms with Crippen molar-refractivity contribution in [2.24, 2.45) is 0 Å². The van der Waals surface area contributed by atoms with Gasteiger partial charge in [-0.2, -0.15) is 5.10 Å². The minimum absolute atomic E-state index is 0.130. The van der Waals surface area contributed by atoms with E-state index < -0.39 is 10.0 Å². The number of rotatable bonds is 4. The molecule has 0 aliphatic heterocycles. The molecule has 0 aliphatic carbocycles. The summed E-state index contributed by atoms with van der Waals surface area (Å²) in [5.74, 6) is 0.385. The molecule has 0 saturated heterocycles. The number of halogens is 1. The number of benzene rings is 1. The second kappa shape index (κ2) is 5.22. The molecular formula is C11H13BrN4O2S. The first kappa shape index (κ1) is 13.9. The fourth-order valence-electron chi connectivity index (χ4n) is 1.54. The maximum atomic E-state index is 12.2. The molecule has 0 unspecified atom stereocenters. The summed E-state index contributed by atoms with van der Waals surface area (Å²) in [6.07, 6.45) is 2.27. The summed E-state index contributed by atoms with van der Waals surface area (Å²) in [5.41, 5.74) is 6.92. The molecule has 8 heteroatoms. The number of sulfonamides is 1. The molecule has 6 nitrogen and oxygen atoms in total. The summed E-state index contributed by atoms with van der Waals surface area (Å²) in [5, 5.41) is 6.45. The highest BCUT2D eigenvalue weighted by atomic mass is 79.9. The van der Waals surface area contributed by atoms with Crippen LogP contribution in [0.4, 0.5) is 11.5 Å². The number of nitrogens with zero attached hydrogens (tertiary/aromatic N) is 1. The van der Waals surface area contributed by atoms with E-state index in [1.807, 2.05) is 6.92 Å². The van der Waals surface area contributed by atoms with Crippen LogP contribution < -0.4 is 10.5 Å². The molecular weight excluding hydrogens is 332 g/mol. The lowest BCUT2D eigenvalue weighted by Crippen LogP contribution is -2.14. The number of anilines is 2. The monoisotopic (exact) mass is 344 g/mol. The maximum Gasteiger partial charge on any atom is 0.263 e. The van der Waals surface area contributed by atoms with Crippen LogP contribution in [0.15, 0.2) is 33.8 Å². The van der Waals surface area contributed by atoms with Gasteiger partial charge in [-0.3, -0.25) is 9.82 Å². The number of nitrogen functional groups attached to an aromatic ring is 1. The van der Waals surface area contributed by atoms with Crippen molar-refractivity contribution < 1.29 is 8.42 Å². The van der Waals surface area contributed by atoms with E-state index in [2.05, 4.69) is 30.8 Å². The van der Waals surface area contributed by atoms with Gasteiger partial charge in [-0.15, -0.1) is 0 Å². The summed E-state index contributed by atoms with van der Waals surface area (Å²) >= 11 is 3.21. The van der Waals surface area contributed by atoms with Gasteiger partial charge in [0.1, 0.15) is 5.82 Å². The Morgan fingerprint density at radius 3 is 2.84 bits per heavy atom. The fourth-order valence-corrected chi connectivity index (χ4v) is 3.15. The molecule has 0 bridgehead atoms. The average molecular weight is 345 g/mol. The zero-order valence-electron chi connectivity index (χ0n) is 10.1. The molecule has 0 spiro atoms. The molecule has 0 atom stereocenters. The van der Waals surface area contributed by atoms with Crippen LogP contribution in [0, 0.1) is 0 Å². The number of aromatic nitrogens is 2. The van der Waals surface area contributed by atoms with Crippen molar-refractivity contribution in [3.05, 3.63) is 34.4 Å². The van der Waals surface area contributed by atoms with Crippen LogP contribution in [-0.4, -0.2) is 18.6 Å². The summed E-state index contributed by atoms with van der Waals surface area (Å²) in [7, 11) is -3.66. The smallest absolute Gasteiger partial charge is 0.263 e. The van der Waals surface area contributed by atoms with Gasteiger partial charge >= 0.3 is 0 Å². The Balaban J connectivity index is 2.35. The first-order chi connectivity index (χ1) is 8.94. The molecule has 0 saturated carbocycles. The first-order valence-electron chi connectivity index (χ1n) is 5.54. The van der Waals surface area contributed by atoms with E-state index in [9.17, 15) is 8.42 Å². The van der Waals surface area contributed by atoms with Gasteiger partial charge < -0.3 is 5.73 Å². The molecule has 102 valence electrons. The zero-order valence-corrected chi connectivity index (χ0v) is 12.5. The summed E-state index contributed by atoms with van der Waals surface area (Å²) in [6.45, 7) is 1.92. The lowest BCUT2D eigenvalue weighted by molar-refractivity contribution is 0.601. The SMILES string of the molecule is CCc1cn[nH]c1NS(=O)(=O)c1ccc(N)c(Br)c1. The van der Waals surface area contributed by atoms with Crippen LogP contribution in [0.25, 0.3) is 0 Å². The van der Waals surface area contributed by atoms with Gasteiger partial charge in [-0.05, 0) is 40.5 Å². The quantitative estimate of drug-likeness (QED) is 0.739. The second-order valence-electron chi connectivity index (χ2n) is 3.91. The number of hydrogen-bond donors (Lipinski definition) is 3.